The molecular weight excluding hydrogens is 1880 g/mol. The molecule has 51 atom stereocenters. The van der Waals surface area contributed by atoms with Crippen LogP contribution in [-0.2, 0) is 119 Å². The fraction of sp³-hybridized carbons (Fsp3) is 0.915. The third-order valence-corrected chi connectivity index (χ3v) is 33.6. The third kappa shape index (κ3) is 22.3. The number of carboxylic acid groups (broad SMARTS) is 1. The van der Waals surface area contributed by atoms with Gasteiger partial charge < -0.3 is 207 Å². The van der Waals surface area contributed by atoms with E-state index in [-0.39, 0.29) is 50.4 Å². The van der Waals surface area contributed by atoms with E-state index in [2.05, 4.69) is 19.9 Å². The fourth-order valence-electron chi connectivity index (χ4n) is 24.4. The Morgan fingerprint density at radius 3 is 1.67 bits per heavy atom. The first-order valence-electron chi connectivity index (χ1n) is 49.2. The molecule has 47 heteroatoms. The number of aldehydes is 1. The molecule has 8 saturated heterocycles. The lowest BCUT2D eigenvalue weighted by molar-refractivity contribution is -0.391. The number of rotatable bonds is 36. The highest BCUT2D eigenvalue weighted by molar-refractivity contribution is 5.80. The lowest BCUT2D eigenvalue weighted by atomic mass is 9.33. The topological polar surface area (TPSA) is 723 Å². The molecule has 0 bridgehead atoms. The molecule has 0 amide bonds. The Balaban J connectivity index is 0.767. The SMILES string of the molecule is CCC(C)C(CC(O)CC(=O)OC1C(C)OC(OC(=O)C23CCC(C)(C)CC2C2=CCC4C5(C)CCC(OC6OC(C(=O)O)C(O)C(OC7OCC(O)C(O)C7O)C6OC6OC(CO)C(O)C(O)C6O)C(C)(C=O)C5CCC4(C)C2(C)CC3O)C(OC2OC(C)C(OC3OCC(O)C(OC4OCC(O)(CO)C4O)C3O)C(O)C2O)C1OC(C)=O)OC(=O)CC(O)CC(OC1OC(CO)C(O)C1O)C(C)CC. The molecule has 0 aromatic rings. The van der Waals surface area contributed by atoms with Crippen LogP contribution in [0.25, 0.3) is 0 Å². The van der Waals surface area contributed by atoms with Crippen molar-refractivity contribution in [2.45, 2.75) is 438 Å². The lowest BCUT2D eigenvalue weighted by Crippen LogP contribution is -2.69. The van der Waals surface area contributed by atoms with Gasteiger partial charge in [0.25, 0.3) is 0 Å². The van der Waals surface area contributed by atoms with E-state index in [9.17, 15) is 136 Å². The van der Waals surface area contributed by atoms with E-state index in [0.29, 0.717) is 44.9 Å². The minimum absolute atomic E-state index is 0.0103. The van der Waals surface area contributed by atoms with Gasteiger partial charge in [-0.2, -0.15) is 0 Å². The van der Waals surface area contributed by atoms with Crippen molar-refractivity contribution in [2.24, 2.45) is 62.1 Å². The first kappa shape index (κ1) is 113. The Labute approximate surface area is 815 Å². The van der Waals surface area contributed by atoms with Gasteiger partial charge in [-0.1, -0.05) is 93.7 Å². The predicted molar refractivity (Wildman–Crippen MR) is 468 cm³/mol. The second-order valence-electron chi connectivity index (χ2n) is 43.2. The molecule has 141 heavy (non-hydrogen) atoms. The van der Waals surface area contributed by atoms with E-state index < -0.39 is 384 Å². The second-order valence-corrected chi connectivity index (χ2v) is 43.2. The number of carboxylic acids is 1. The molecular formula is C94H150O47. The predicted octanol–water partition coefficient (Wildman–Crippen LogP) is -5.11. The summed E-state index contributed by atoms with van der Waals surface area (Å²) in [5.74, 6) is -8.45. The van der Waals surface area contributed by atoms with Crippen molar-refractivity contribution in [1.29, 1.82) is 0 Å². The number of ether oxygens (including phenoxy) is 19. The molecule has 13 rings (SSSR count). The van der Waals surface area contributed by atoms with E-state index in [1.165, 1.54) is 13.8 Å². The zero-order valence-electron chi connectivity index (χ0n) is 81.5. The fourth-order valence-corrected chi connectivity index (χ4v) is 24.4. The van der Waals surface area contributed by atoms with Crippen LogP contribution in [0.3, 0.4) is 0 Å². The molecule has 0 spiro atoms. The Morgan fingerprint density at radius 2 is 1.06 bits per heavy atom. The van der Waals surface area contributed by atoms with Crippen LogP contribution in [0.2, 0.25) is 0 Å². The summed E-state index contributed by atoms with van der Waals surface area (Å²) >= 11 is 0. The Kier molecular flexibility index (Phi) is 36.4. The first-order valence-corrected chi connectivity index (χ1v) is 49.2. The van der Waals surface area contributed by atoms with Crippen molar-refractivity contribution in [1.82, 2.24) is 0 Å². The van der Waals surface area contributed by atoms with Crippen LogP contribution in [0, 0.1) is 62.1 Å². The zero-order chi connectivity index (χ0) is 104. The number of aliphatic carboxylic acids is 1. The zero-order valence-corrected chi connectivity index (χ0v) is 81.5. The molecule has 0 aromatic heterocycles. The van der Waals surface area contributed by atoms with Gasteiger partial charge in [0.1, 0.15) is 145 Å². The first-order chi connectivity index (χ1) is 66.2. The summed E-state index contributed by atoms with van der Waals surface area (Å²) in [6.07, 6.45) is -67.1. The average molecular weight is 2030 g/mol. The molecule has 47 nitrogen and oxygen atoms in total. The molecule has 0 radical (unpaired) electrons. The van der Waals surface area contributed by atoms with E-state index in [4.69, 9.17) is 90.0 Å². The van der Waals surface area contributed by atoms with Crippen molar-refractivity contribution >= 4 is 36.1 Å². The van der Waals surface area contributed by atoms with Gasteiger partial charge in [-0.05, 0) is 123 Å². The molecule has 22 N–H and O–H groups in total. The van der Waals surface area contributed by atoms with Crippen molar-refractivity contribution in [3.8, 4) is 0 Å². The molecule has 808 valence electrons. The molecule has 5 aliphatic carbocycles. The summed E-state index contributed by atoms with van der Waals surface area (Å²) in [6.45, 7) is 18.5. The Bertz CT molecular complexity index is 4230. The summed E-state index contributed by atoms with van der Waals surface area (Å²) in [6, 6.07) is 0. The number of allylic oxidation sites excluding steroid dienone is 2. The highest BCUT2D eigenvalue weighted by atomic mass is 16.8. The minimum atomic E-state index is -2.27. The maximum atomic E-state index is 16.6. The summed E-state index contributed by atoms with van der Waals surface area (Å²) in [5.41, 5.74) is -7.86. The van der Waals surface area contributed by atoms with E-state index in [1.807, 2.05) is 27.7 Å². The number of esters is 4. The number of hydrogen-bond donors (Lipinski definition) is 22. The van der Waals surface area contributed by atoms with Gasteiger partial charge >= 0.3 is 29.8 Å². The number of carbonyl (C=O) groups is 6. The highest BCUT2D eigenvalue weighted by Crippen LogP contribution is 2.76. The normalized spacial score (nSPS) is 47.9. The van der Waals surface area contributed by atoms with Crippen molar-refractivity contribution in [2.75, 3.05) is 39.6 Å². The van der Waals surface area contributed by atoms with Gasteiger partial charge in [-0.25, -0.2) is 4.79 Å². The average Bonchev–Trinajstić information content (AvgIpc) is 0.909. The van der Waals surface area contributed by atoms with Gasteiger partial charge in [-0.3, -0.25) is 19.2 Å². The number of aliphatic hydroxyl groups excluding tert-OH is 20. The van der Waals surface area contributed by atoms with Crippen LogP contribution in [-0.4, -0.2) is 439 Å². The smallest absolute Gasteiger partial charge is 0.335 e. The van der Waals surface area contributed by atoms with Crippen molar-refractivity contribution in [3.05, 3.63) is 11.6 Å². The van der Waals surface area contributed by atoms with Gasteiger partial charge in [0.15, 0.2) is 68.4 Å². The van der Waals surface area contributed by atoms with Crippen LogP contribution < -0.4 is 0 Å². The van der Waals surface area contributed by atoms with Crippen LogP contribution in [0.4, 0.5) is 0 Å². The van der Waals surface area contributed by atoms with Crippen LogP contribution in [0.5, 0.6) is 0 Å². The van der Waals surface area contributed by atoms with Gasteiger partial charge in [0.2, 0.25) is 6.29 Å². The highest BCUT2D eigenvalue weighted by Gasteiger charge is 2.74. The van der Waals surface area contributed by atoms with E-state index >= 15 is 4.79 Å². The van der Waals surface area contributed by atoms with E-state index in [0.717, 1.165) is 18.8 Å². The van der Waals surface area contributed by atoms with Gasteiger partial charge in [0, 0.05) is 19.8 Å². The molecule has 13 aliphatic rings. The lowest BCUT2D eigenvalue weighted by Gasteiger charge is -2.71. The van der Waals surface area contributed by atoms with Gasteiger partial charge in [0.05, 0.1) is 101 Å². The standard InChI is InChI=1S/C94H150O47/c1-14-37(3)48(129-56(105)26-43(101)25-49(38(4)15-2)130-82-64(113)60(109)51(31-96)131-82)24-42(100)27-57(106)134-70-40(6)127-84(76(74(70)128-41(7)99)140-81-66(115)62(111)69(39(5)126-81)135-80-68(117)71(47(103)33-124-80)136-86-77(118)93(122,35-98)36-125-86)141-87(121)94-23-22-88(8,9)28-45(94)44-16-17-53-89(10)20-19-55(90(11,34-97)52(89)18-21-91(53,12)92(44,13)29-54(94)104)133-85-75(139-83-65(114)61(110)59(108)50(30-95)132-83)72(67(116)73(138-85)78(119)120)137-79-63(112)58(107)46(102)32-123-79/h16,34,37-40,42-43,45-55,58-77,79-86,95-96,98,100-104,107-118,122H,14-15,17-33,35-36H2,1-13H3,(H,119,120). The van der Waals surface area contributed by atoms with Gasteiger partial charge in [-0.15, -0.1) is 0 Å². The van der Waals surface area contributed by atoms with Crippen molar-refractivity contribution < 1.29 is 231 Å². The Morgan fingerprint density at radius 1 is 0.511 bits per heavy atom. The van der Waals surface area contributed by atoms with Crippen LogP contribution >= 0.6 is 0 Å². The number of hydrogen-bond acceptors (Lipinski definition) is 46. The quantitative estimate of drug-likeness (QED) is 0.00917. The second kappa shape index (κ2) is 45.2. The largest absolute Gasteiger partial charge is 0.479 e. The number of aliphatic hydroxyl groups is 21. The molecule has 12 fully saturated rings. The van der Waals surface area contributed by atoms with Crippen molar-refractivity contribution in [3.63, 3.8) is 0 Å². The van der Waals surface area contributed by atoms with E-state index in [1.54, 1.807) is 27.7 Å². The Hall–Kier alpha value is -4.68. The van der Waals surface area contributed by atoms with Crippen LogP contribution in [0.15, 0.2) is 11.6 Å². The molecule has 51 unspecified atom stereocenters. The third-order valence-electron chi connectivity index (χ3n) is 33.6. The minimum Gasteiger partial charge on any atom is -0.479 e. The molecule has 8 aliphatic heterocycles. The monoisotopic (exact) mass is 2030 g/mol. The maximum absolute atomic E-state index is 16.6. The summed E-state index contributed by atoms with van der Waals surface area (Å²) in [7, 11) is 0. The number of fused-ring (bicyclic) bond motifs is 7. The summed E-state index contributed by atoms with van der Waals surface area (Å²) in [4.78, 5) is 86.5. The number of carbonyl (C=O) groups excluding carboxylic acids is 5. The molecule has 0 aromatic carbocycles. The van der Waals surface area contributed by atoms with Crippen LogP contribution in [0.1, 0.15) is 186 Å². The summed E-state index contributed by atoms with van der Waals surface area (Å²) in [5, 5.41) is 244. The summed E-state index contributed by atoms with van der Waals surface area (Å²) < 4.78 is 115. The molecule has 4 saturated carbocycles. The maximum Gasteiger partial charge on any atom is 0.335 e. The molecule has 8 heterocycles.